The molecule has 3 rings (SSSR count). The van der Waals surface area contributed by atoms with Crippen LogP contribution in [-0.4, -0.2) is 25.1 Å². The lowest BCUT2D eigenvalue weighted by molar-refractivity contribution is -0.130. The molecule has 0 saturated carbocycles. The second kappa shape index (κ2) is 8.04. The Kier molecular flexibility index (Phi) is 5.56. The molecule has 2 aromatic rings. The minimum Gasteiger partial charge on any atom is -0.496 e. The van der Waals surface area contributed by atoms with Gasteiger partial charge in [0.2, 0.25) is 0 Å². The number of nitrogens with one attached hydrogen (secondary N) is 1. The largest absolute Gasteiger partial charge is 0.496 e. The fourth-order valence-corrected chi connectivity index (χ4v) is 3.28. The summed E-state index contributed by atoms with van der Waals surface area (Å²) < 4.78 is 10.5. The highest BCUT2D eigenvalue weighted by molar-refractivity contribution is 5.94. The summed E-state index contributed by atoms with van der Waals surface area (Å²) >= 11 is 0. The van der Waals surface area contributed by atoms with Gasteiger partial charge in [-0.05, 0) is 49.4 Å². The van der Waals surface area contributed by atoms with Gasteiger partial charge in [-0.15, -0.1) is 0 Å². The number of fused-ring (bicyclic) bond motifs is 1. The molecule has 0 saturated heterocycles. The molecule has 1 amide bonds. The van der Waals surface area contributed by atoms with Crippen LogP contribution in [0.25, 0.3) is 0 Å². The van der Waals surface area contributed by atoms with Crippen molar-refractivity contribution in [3.05, 3.63) is 65.2 Å². The second-order valence-corrected chi connectivity index (χ2v) is 6.40. The zero-order valence-corrected chi connectivity index (χ0v) is 15.0. The van der Waals surface area contributed by atoms with E-state index in [0.29, 0.717) is 11.3 Å². The predicted octanol–water partition coefficient (Wildman–Crippen LogP) is 3.43. The summed E-state index contributed by atoms with van der Waals surface area (Å²) in [5.74, 6) is -0.449. The summed E-state index contributed by atoms with van der Waals surface area (Å²) in [6, 6.07) is 14.9. The van der Waals surface area contributed by atoms with Crippen LogP contribution in [-0.2, 0) is 16.0 Å². The first-order valence-electron chi connectivity index (χ1n) is 8.82. The Hall–Kier alpha value is -2.82. The predicted molar refractivity (Wildman–Crippen MR) is 98.1 cm³/mol. The van der Waals surface area contributed by atoms with Crippen molar-refractivity contribution in [1.82, 2.24) is 5.32 Å². The number of rotatable bonds is 5. The Morgan fingerprint density at radius 3 is 2.65 bits per heavy atom. The molecule has 1 N–H and O–H groups in total. The number of methoxy groups -OCH3 is 1. The molecule has 136 valence electrons. The maximum atomic E-state index is 12.5. The van der Waals surface area contributed by atoms with E-state index in [0.717, 1.165) is 24.8 Å². The molecular weight excluding hydrogens is 330 g/mol. The quantitative estimate of drug-likeness (QED) is 0.837. The summed E-state index contributed by atoms with van der Waals surface area (Å²) in [6.07, 6.45) is 2.05. The molecular formula is C21H23NO4. The van der Waals surface area contributed by atoms with Gasteiger partial charge in [-0.2, -0.15) is 0 Å². The van der Waals surface area contributed by atoms with Gasteiger partial charge in [-0.25, -0.2) is 4.79 Å². The Morgan fingerprint density at radius 1 is 1.12 bits per heavy atom. The van der Waals surface area contributed by atoms with E-state index >= 15 is 0 Å². The van der Waals surface area contributed by atoms with Gasteiger partial charge in [-0.1, -0.05) is 36.4 Å². The maximum absolute atomic E-state index is 12.5. The molecule has 1 aliphatic rings. The lowest BCUT2D eigenvalue weighted by Gasteiger charge is -2.27. The molecule has 0 spiro atoms. The van der Waals surface area contributed by atoms with E-state index in [4.69, 9.17) is 9.47 Å². The Labute approximate surface area is 153 Å². The molecule has 26 heavy (non-hydrogen) atoms. The number of amides is 1. The number of carbonyl (C=O) groups excluding carboxylic acids is 2. The highest BCUT2D eigenvalue weighted by Crippen LogP contribution is 2.29. The lowest BCUT2D eigenvalue weighted by Crippen LogP contribution is -2.39. The number of benzene rings is 2. The van der Waals surface area contributed by atoms with Crippen LogP contribution in [0.15, 0.2) is 48.5 Å². The van der Waals surface area contributed by atoms with Crippen LogP contribution in [0.3, 0.4) is 0 Å². The maximum Gasteiger partial charge on any atom is 0.342 e. The Morgan fingerprint density at radius 2 is 1.85 bits per heavy atom. The average Bonchev–Trinajstić information content (AvgIpc) is 2.68. The third kappa shape index (κ3) is 3.87. The molecule has 5 heteroatoms. The zero-order chi connectivity index (χ0) is 18.5. The first-order chi connectivity index (χ1) is 12.6. The van der Waals surface area contributed by atoms with E-state index in [2.05, 4.69) is 11.4 Å². The fourth-order valence-electron chi connectivity index (χ4n) is 3.28. The zero-order valence-electron chi connectivity index (χ0n) is 15.0. The molecule has 0 heterocycles. The molecule has 0 aromatic heterocycles. The number of aryl methyl sites for hydroxylation is 1. The normalized spacial score (nSPS) is 16.9. The van der Waals surface area contributed by atoms with Crippen molar-refractivity contribution in [3.8, 4) is 5.75 Å². The van der Waals surface area contributed by atoms with E-state index < -0.39 is 12.1 Å². The van der Waals surface area contributed by atoms with Gasteiger partial charge in [-0.3, -0.25) is 4.79 Å². The second-order valence-electron chi connectivity index (χ2n) is 6.40. The van der Waals surface area contributed by atoms with Crippen LogP contribution < -0.4 is 10.1 Å². The molecule has 0 radical (unpaired) electrons. The fraction of sp³-hybridized carbons (Fsp3) is 0.333. The monoisotopic (exact) mass is 353 g/mol. The summed E-state index contributed by atoms with van der Waals surface area (Å²) in [6.45, 7) is 1.58. The van der Waals surface area contributed by atoms with Gasteiger partial charge < -0.3 is 14.8 Å². The minimum atomic E-state index is -0.887. The van der Waals surface area contributed by atoms with Crippen LogP contribution in [0.1, 0.15) is 47.3 Å². The van der Waals surface area contributed by atoms with Crippen molar-refractivity contribution < 1.29 is 19.1 Å². The first-order valence-corrected chi connectivity index (χ1v) is 8.82. The van der Waals surface area contributed by atoms with Crippen LogP contribution in [0, 0.1) is 0 Å². The van der Waals surface area contributed by atoms with Gasteiger partial charge in [0.15, 0.2) is 6.10 Å². The van der Waals surface area contributed by atoms with E-state index in [9.17, 15) is 9.59 Å². The van der Waals surface area contributed by atoms with Crippen molar-refractivity contribution in [1.29, 1.82) is 0 Å². The number of para-hydroxylation sites is 1. The van der Waals surface area contributed by atoms with E-state index in [-0.39, 0.29) is 11.9 Å². The SMILES string of the molecule is COc1ccccc1C(=O)OC(C)C(=O)NC1CCCc2ccccc21. The Balaban J connectivity index is 1.65. The third-order valence-corrected chi connectivity index (χ3v) is 4.67. The van der Waals surface area contributed by atoms with Crippen LogP contribution in [0.4, 0.5) is 0 Å². The third-order valence-electron chi connectivity index (χ3n) is 4.67. The lowest BCUT2D eigenvalue weighted by atomic mass is 9.87. The topological polar surface area (TPSA) is 64.6 Å². The Bertz CT molecular complexity index is 802. The number of carbonyl (C=O) groups is 2. The van der Waals surface area contributed by atoms with Gasteiger partial charge in [0, 0.05) is 0 Å². The molecule has 5 nitrogen and oxygen atoms in total. The van der Waals surface area contributed by atoms with E-state index in [1.54, 1.807) is 31.2 Å². The van der Waals surface area contributed by atoms with Crippen molar-refractivity contribution in [2.75, 3.05) is 7.11 Å². The van der Waals surface area contributed by atoms with E-state index in [1.807, 2.05) is 18.2 Å². The van der Waals surface area contributed by atoms with Crippen LogP contribution >= 0.6 is 0 Å². The van der Waals surface area contributed by atoms with Crippen molar-refractivity contribution >= 4 is 11.9 Å². The van der Waals surface area contributed by atoms with Gasteiger partial charge >= 0.3 is 5.97 Å². The number of hydrogen-bond acceptors (Lipinski definition) is 4. The molecule has 2 atom stereocenters. The summed E-state index contributed by atoms with van der Waals surface area (Å²) in [5.41, 5.74) is 2.72. The van der Waals surface area contributed by atoms with Gasteiger partial charge in [0.05, 0.1) is 13.2 Å². The van der Waals surface area contributed by atoms with Gasteiger partial charge in [0.25, 0.3) is 5.91 Å². The number of ether oxygens (including phenoxy) is 2. The molecule has 0 fully saturated rings. The first kappa shape index (κ1) is 18.0. The number of hydrogen-bond donors (Lipinski definition) is 1. The molecule has 1 aliphatic carbocycles. The highest BCUT2D eigenvalue weighted by atomic mass is 16.5. The molecule has 2 unspecified atom stereocenters. The minimum absolute atomic E-state index is 0.0418. The molecule has 0 aliphatic heterocycles. The summed E-state index contributed by atoms with van der Waals surface area (Å²) in [5, 5.41) is 3.01. The van der Waals surface area contributed by atoms with Crippen LogP contribution in [0.2, 0.25) is 0 Å². The van der Waals surface area contributed by atoms with Crippen LogP contribution in [0.5, 0.6) is 5.75 Å². The number of esters is 1. The van der Waals surface area contributed by atoms with E-state index in [1.165, 1.54) is 12.7 Å². The van der Waals surface area contributed by atoms with Gasteiger partial charge in [0.1, 0.15) is 11.3 Å². The average molecular weight is 353 g/mol. The highest BCUT2D eigenvalue weighted by Gasteiger charge is 2.26. The molecule has 0 bridgehead atoms. The molecule has 2 aromatic carbocycles. The van der Waals surface area contributed by atoms with Crippen molar-refractivity contribution in [3.63, 3.8) is 0 Å². The van der Waals surface area contributed by atoms with Crippen molar-refractivity contribution in [2.45, 2.75) is 38.3 Å². The summed E-state index contributed by atoms with van der Waals surface area (Å²) in [4.78, 5) is 24.9. The standard InChI is InChI=1S/C21H23NO4/c1-14(26-21(24)17-11-5-6-13-19(17)25-2)20(23)22-18-12-7-9-15-8-3-4-10-16(15)18/h3-6,8,10-11,13-14,18H,7,9,12H2,1-2H3,(H,22,23). The summed E-state index contributed by atoms with van der Waals surface area (Å²) in [7, 11) is 1.49. The van der Waals surface area contributed by atoms with Crippen molar-refractivity contribution in [2.24, 2.45) is 0 Å². The smallest absolute Gasteiger partial charge is 0.342 e.